The summed E-state index contributed by atoms with van der Waals surface area (Å²) in [6.45, 7) is 11.4. The normalized spacial score (nSPS) is 31.0. The summed E-state index contributed by atoms with van der Waals surface area (Å²) in [5.41, 5.74) is -0.309. The maximum absolute atomic E-state index is 11.2. The number of piperazine rings is 1. The van der Waals surface area contributed by atoms with E-state index in [4.69, 9.17) is 0 Å². The number of hydrogen-bond donors (Lipinski definition) is 2. The molecular formula is C12H24N2O2. The van der Waals surface area contributed by atoms with Crippen molar-refractivity contribution in [1.29, 1.82) is 0 Å². The third-order valence-electron chi connectivity index (χ3n) is 3.02. The monoisotopic (exact) mass is 228 g/mol. The van der Waals surface area contributed by atoms with E-state index in [1.54, 1.807) is 6.92 Å². The van der Waals surface area contributed by atoms with E-state index in [0.29, 0.717) is 6.54 Å². The first kappa shape index (κ1) is 13.6. The number of β-amino-alcohol motifs (C(OH)–C–C–N with tert-alkyl or cyclic N) is 1. The molecular weight excluding hydrogens is 204 g/mol. The van der Waals surface area contributed by atoms with Gasteiger partial charge in [-0.15, -0.1) is 0 Å². The molecule has 1 aliphatic rings. The van der Waals surface area contributed by atoms with Gasteiger partial charge >= 0.3 is 0 Å². The first-order valence-electron chi connectivity index (χ1n) is 5.85. The summed E-state index contributed by atoms with van der Waals surface area (Å²) in [4.78, 5) is 13.3. The summed E-state index contributed by atoms with van der Waals surface area (Å²) in [7, 11) is 0. The highest BCUT2D eigenvalue weighted by atomic mass is 16.3. The van der Waals surface area contributed by atoms with Crippen LogP contribution >= 0.6 is 0 Å². The predicted molar refractivity (Wildman–Crippen MR) is 64.4 cm³/mol. The fourth-order valence-corrected chi connectivity index (χ4v) is 2.82. The van der Waals surface area contributed by atoms with Crippen LogP contribution in [0.3, 0.4) is 0 Å². The van der Waals surface area contributed by atoms with E-state index >= 15 is 0 Å². The smallest absolute Gasteiger partial charge is 0.138 e. The molecule has 2 unspecified atom stereocenters. The van der Waals surface area contributed by atoms with Crippen LogP contribution in [0.25, 0.3) is 0 Å². The summed E-state index contributed by atoms with van der Waals surface area (Å²) in [6, 6.07) is -0.185. The molecule has 0 aromatic heterocycles. The molecule has 4 nitrogen and oxygen atoms in total. The molecule has 0 aliphatic carbocycles. The molecule has 0 aromatic carbocycles. The Balaban J connectivity index is 2.90. The van der Waals surface area contributed by atoms with Crippen molar-refractivity contribution in [3.05, 3.63) is 0 Å². The number of nitrogens with one attached hydrogen (secondary N) is 1. The van der Waals surface area contributed by atoms with Gasteiger partial charge in [-0.1, -0.05) is 0 Å². The van der Waals surface area contributed by atoms with E-state index in [9.17, 15) is 9.90 Å². The summed E-state index contributed by atoms with van der Waals surface area (Å²) in [5, 5.41) is 13.0. The quantitative estimate of drug-likeness (QED) is 0.687. The number of aliphatic hydroxyl groups excluding tert-OH is 1. The number of carbonyl (C=O) groups excluding carboxylic acids is 1. The summed E-state index contributed by atoms with van der Waals surface area (Å²) in [5.74, 6) is 0. The minimum atomic E-state index is -0.410. The Kier molecular flexibility index (Phi) is 3.77. The van der Waals surface area contributed by atoms with E-state index in [-0.39, 0.29) is 17.1 Å². The molecule has 16 heavy (non-hydrogen) atoms. The standard InChI is InChI=1S/C12H24N2O2/c1-9(16)6-14-8-11(2,3)13-12(4,5)10(14)7-15/h7,9-10,13,16H,6,8H2,1-5H3. The molecule has 94 valence electrons. The number of hydrogen-bond acceptors (Lipinski definition) is 4. The SMILES string of the molecule is CC(O)CN1CC(C)(C)NC(C)(C)C1C=O. The van der Waals surface area contributed by atoms with Gasteiger partial charge in [0.25, 0.3) is 0 Å². The first-order chi connectivity index (χ1) is 7.18. The molecule has 1 saturated heterocycles. The van der Waals surface area contributed by atoms with Crippen LogP contribution < -0.4 is 5.32 Å². The van der Waals surface area contributed by atoms with Crippen molar-refractivity contribution in [2.24, 2.45) is 0 Å². The number of carbonyl (C=O) groups is 1. The van der Waals surface area contributed by atoms with Crippen molar-refractivity contribution >= 4 is 6.29 Å². The molecule has 2 atom stereocenters. The molecule has 0 aromatic rings. The fourth-order valence-electron chi connectivity index (χ4n) is 2.82. The Bertz CT molecular complexity index is 262. The molecule has 0 saturated carbocycles. The largest absolute Gasteiger partial charge is 0.392 e. The van der Waals surface area contributed by atoms with E-state index in [2.05, 4.69) is 24.1 Å². The highest BCUT2D eigenvalue weighted by molar-refractivity contribution is 5.61. The van der Waals surface area contributed by atoms with Gasteiger partial charge in [0.2, 0.25) is 0 Å². The second kappa shape index (κ2) is 4.43. The highest BCUT2D eigenvalue weighted by Gasteiger charge is 2.44. The number of nitrogens with zero attached hydrogens (tertiary/aromatic N) is 1. The zero-order valence-electron chi connectivity index (χ0n) is 10.9. The van der Waals surface area contributed by atoms with Gasteiger partial charge in [-0.3, -0.25) is 4.90 Å². The third-order valence-corrected chi connectivity index (χ3v) is 3.02. The van der Waals surface area contributed by atoms with Gasteiger partial charge in [-0.05, 0) is 34.6 Å². The van der Waals surface area contributed by atoms with Crippen molar-refractivity contribution < 1.29 is 9.90 Å². The summed E-state index contributed by atoms with van der Waals surface area (Å²) >= 11 is 0. The predicted octanol–water partition coefficient (Wildman–Crippen LogP) is 0.397. The number of aliphatic hydroxyl groups is 1. The van der Waals surface area contributed by atoms with Gasteiger partial charge in [0, 0.05) is 24.2 Å². The molecule has 1 fully saturated rings. The van der Waals surface area contributed by atoms with E-state index in [1.165, 1.54) is 0 Å². The lowest BCUT2D eigenvalue weighted by Gasteiger charge is -2.52. The van der Waals surface area contributed by atoms with Crippen molar-refractivity contribution in [3.8, 4) is 0 Å². The summed E-state index contributed by atoms with van der Waals surface area (Å²) < 4.78 is 0. The average molecular weight is 228 g/mol. The maximum Gasteiger partial charge on any atom is 0.138 e. The summed E-state index contributed by atoms with van der Waals surface area (Å²) in [6.07, 6.45) is 0.567. The van der Waals surface area contributed by atoms with Crippen LogP contribution in [-0.2, 0) is 4.79 Å². The lowest BCUT2D eigenvalue weighted by Crippen LogP contribution is -2.72. The van der Waals surface area contributed by atoms with Crippen molar-refractivity contribution in [2.75, 3.05) is 13.1 Å². The Labute approximate surface area is 98.0 Å². The molecule has 0 amide bonds. The zero-order valence-corrected chi connectivity index (χ0v) is 10.9. The fraction of sp³-hybridized carbons (Fsp3) is 0.917. The van der Waals surface area contributed by atoms with E-state index < -0.39 is 6.10 Å². The highest BCUT2D eigenvalue weighted by Crippen LogP contribution is 2.26. The lowest BCUT2D eigenvalue weighted by atomic mass is 9.84. The van der Waals surface area contributed by atoms with Crippen molar-refractivity contribution in [2.45, 2.75) is 57.8 Å². The molecule has 0 spiro atoms. The van der Waals surface area contributed by atoms with Crippen LogP contribution in [0.15, 0.2) is 0 Å². The van der Waals surface area contributed by atoms with Crippen LogP contribution in [0, 0.1) is 0 Å². The van der Waals surface area contributed by atoms with E-state index in [1.807, 2.05) is 13.8 Å². The van der Waals surface area contributed by atoms with Crippen molar-refractivity contribution in [3.63, 3.8) is 0 Å². The Morgan fingerprint density at radius 3 is 2.50 bits per heavy atom. The van der Waals surface area contributed by atoms with Gasteiger partial charge in [0.15, 0.2) is 0 Å². The van der Waals surface area contributed by atoms with Gasteiger partial charge in [-0.25, -0.2) is 0 Å². The van der Waals surface area contributed by atoms with Crippen LogP contribution in [0.4, 0.5) is 0 Å². The molecule has 0 bridgehead atoms. The van der Waals surface area contributed by atoms with Gasteiger partial charge in [0.05, 0.1) is 12.1 Å². The second-order valence-electron chi connectivity index (χ2n) is 6.09. The third kappa shape index (κ3) is 3.03. The van der Waals surface area contributed by atoms with Crippen LogP contribution in [-0.4, -0.2) is 52.6 Å². The molecule has 1 rings (SSSR count). The van der Waals surface area contributed by atoms with Gasteiger partial charge in [-0.2, -0.15) is 0 Å². The van der Waals surface area contributed by atoms with E-state index in [0.717, 1.165) is 12.8 Å². The maximum atomic E-state index is 11.2. The van der Waals surface area contributed by atoms with Gasteiger partial charge in [0.1, 0.15) is 6.29 Å². The Morgan fingerprint density at radius 2 is 2.06 bits per heavy atom. The van der Waals surface area contributed by atoms with Crippen molar-refractivity contribution in [1.82, 2.24) is 10.2 Å². The Morgan fingerprint density at radius 1 is 1.50 bits per heavy atom. The molecule has 0 radical (unpaired) electrons. The zero-order chi connectivity index (χ0) is 12.6. The molecule has 2 N–H and O–H groups in total. The average Bonchev–Trinajstić information content (AvgIpc) is 1.97. The minimum absolute atomic E-state index is 0.0438. The topological polar surface area (TPSA) is 52.6 Å². The lowest BCUT2D eigenvalue weighted by molar-refractivity contribution is -0.119. The minimum Gasteiger partial charge on any atom is -0.392 e. The second-order valence-corrected chi connectivity index (χ2v) is 6.09. The molecule has 1 heterocycles. The number of aldehydes is 1. The van der Waals surface area contributed by atoms with Crippen LogP contribution in [0.2, 0.25) is 0 Å². The molecule has 4 heteroatoms. The molecule has 1 aliphatic heterocycles. The first-order valence-corrected chi connectivity index (χ1v) is 5.85. The number of rotatable bonds is 3. The van der Waals surface area contributed by atoms with Crippen LogP contribution in [0.1, 0.15) is 34.6 Å². The van der Waals surface area contributed by atoms with Gasteiger partial charge < -0.3 is 15.2 Å². The van der Waals surface area contributed by atoms with Crippen LogP contribution in [0.5, 0.6) is 0 Å². The Hall–Kier alpha value is -0.450.